The molecule has 2 aromatic carbocycles. The number of rotatable bonds is 9. The quantitative estimate of drug-likeness (QED) is 0.316. The Balaban J connectivity index is 1.36. The minimum absolute atomic E-state index is 0.191. The van der Waals surface area contributed by atoms with Gasteiger partial charge in [0, 0.05) is 22.5 Å². The zero-order chi connectivity index (χ0) is 28.3. The van der Waals surface area contributed by atoms with Crippen molar-refractivity contribution in [2.24, 2.45) is 0 Å². The molecule has 3 amide bonds. The van der Waals surface area contributed by atoms with E-state index in [1.165, 1.54) is 22.9 Å². The number of nitrogens with zero attached hydrogens (tertiary/aromatic N) is 1. The third-order valence-corrected chi connectivity index (χ3v) is 8.83. The van der Waals surface area contributed by atoms with Gasteiger partial charge in [0.2, 0.25) is 5.91 Å². The highest BCUT2D eigenvalue weighted by Crippen LogP contribution is 2.40. The van der Waals surface area contributed by atoms with Crippen LogP contribution in [-0.4, -0.2) is 63.1 Å². The summed E-state index contributed by atoms with van der Waals surface area (Å²) in [6, 6.07) is 16.7. The number of fused-ring (bicyclic) bond motifs is 1. The number of carbonyl (C=O) groups is 3. The Labute approximate surface area is 237 Å². The summed E-state index contributed by atoms with van der Waals surface area (Å²) < 4.78 is 4.73. The molecular weight excluding hydrogens is 528 g/mol. The van der Waals surface area contributed by atoms with Crippen LogP contribution >= 0.6 is 11.8 Å². The number of anilines is 1. The second-order valence-corrected chi connectivity index (χ2v) is 12.2. The first-order chi connectivity index (χ1) is 19.2. The van der Waals surface area contributed by atoms with Crippen LogP contribution in [-0.2, 0) is 29.0 Å². The van der Waals surface area contributed by atoms with Gasteiger partial charge in [-0.3, -0.25) is 14.4 Å². The molecule has 2 aliphatic rings. The van der Waals surface area contributed by atoms with Crippen LogP contribution in [0, 0.1) is 0 Å². The molecule has 0 radical (unpaired) electrons. The van der Waals surface area contributed by atoms with E-state index in [9.17, 15) is 19.5 Å². The van der Waals surface area contributed by atoms with E-state index in [1.54, 1.807) is 18.2 Å². The van der Waals surface area contributed by atoms with Crippen LogP contribution in [0.2, 0.25) is 0 Å². The first kappa shape index (κ1) is 27.8. The molecule has 210 valence electrons. The maximum atomic E-state index is 13.8. The Morgan fingerprint density at radius 3 is 2.67 bits per heavy atom. The summed E-state index contributed by atoms with van der Waals surface area (Å²) >= 11 is 1.47. The lowest BCUT2D eigenvalue weighted by Gasteiger charge is -2.33. The molecule has 0 saturated carbocycles. The van der Waals surface area contributed by atoms with Gasteiger partial charge in [0.15, 0.2) is 6.10 Å². The van der Waals surface area contributed by atoms with E-state index >= 15 is 0 Å². The fourth-order valence-electron chi connectivity index (χ4n) is 5.35. The fraction of sp³-hybridized carbons (Fsp3) is 0.367. The Kier molecular flexibility index (Phi) is 8.18. The lowest BCUT2D eigenvalue weighted by molar-refractivity contribution is -0.147. The van der Waals surface area contributed by atoms with Crippen LogP contribution in [0.1, 0.15) is 41.1 Å². The van der Waals surface area contributed by atoms with E-state index in [4.69, 9.17) is 4.42 Å². The fourth-order valence-corrected chi connectivity index (χ4v) is 6.49. The minimum Gasteiger partial charge on any atom is -0.467 e. The maximum absolute atomic E-state index is 13.8. The van der Waals surface area contributed by atoms with E-state index in [1.807, 2.05) is 56.3 Å². The number of aliphatic hydroxyl groups is 1. The highest BCUT2D eigenvalue weighted by molar-refractivity contribution is 8.00. The molecular formula is C30H34N4O5S. The molecule has 0 bridgehead atoms. The van der Waals surface area contributed by atoms with Crippen LogP contribution in [0.5, 0.6) is 0 Å². The molecule has 3 heterocycles. The molecule has 4 N–H and O–H groups in total. The van der Waals surface area contributed by atoms with Crippen LogP contribution in [0.25, 0.3) is 0 Å². The second kappa shape index (κ2) is 11.8. The van der Waals surface area contributed by atoms with Gasteiger partial charge in [0.1, 0.15) is 11.8 Å². The summed E-state index contributed by atoms with van der Waals surface area (Å²) in [5, 5.41) is 20.5. The number of hydrogen-bond acceptors (Lipinski definition) is 7. The van der Waals surface area contributed by atoms with E-state index < -0.39 is 28.8 Å². The Morgan fingerprint density at radius 1 is 1.12 bits per heavy atom. The molecule has 0 spiro atoms. The van der Waals surface area contributed by atoms with E-state index in [-0.39, 0.29) is 30.7 Å². The van der Waals surface area contributed by atoms with Gasteiger partial charge in [-0.25, -0.2) is 0 Å². The van der Waals surface area contributed by atoms with Crippen molar-refractivity contribution in [3.8, 4) is 0 Å². The van der Waals surface area contributed by atoms with Crippen molar-refractivity contribution in [2.75, 3.05) is 17.7 Å². The van der Waals surface area contributed by atoms with Crippen molar-refractivity contribution in [1.82, 2.24) is 15.5 Å². The summed E-state index contributed by atoms with van der Waals surface area (Å²) in [4.78, 5) is 42.0. The van der Waals surface area contributed by atoms with Gasteiger partial charge < -0.3 is 30.4 Å². The first-order valence-corrected chi connectivity index (χ1v) is 14.4. The molecule has 9 nitrogen and oxygen atoms in total. The van der Waals surface area contributed by atoms with Crippen molar-refractivity contribution in [2.45, 2.75) is 56.2 Å². The molecule has 3 aromatic rings. The number of nitrogens with one attached hydrogen (secondary N) is 3. The zero-order valence-corrected chi connectivity index (χ0v) is 23.4. The molecule has 0 unspecified atom stereocenters. The van der Waals surface area contributed by atoms with Crippen molar-refractivity contribution in [1.29, 1.82) is 0 Å². The molecule has 1 saturated heterocycles. The normalized spacial score (nSPS) is 18.9. The summed E-state index contributed by atoms with van der Waals surface area (Å²) in [5.74, 6) is -0.438. The van der Waals surface area contributed by atoms with Crippen LogP contribution < -0.4 is 16.0 Å². The molecule has 2 aliphatic heterocycles. The van der Waals surface area contributed by atoms with Crippen molar-refractivity contribution < 1.29 is 23.9 Å². The van der Waals surface area contributed by atoms with E-state index in [0.717, 1.165) is 29.8 Å². The van der Waals surface area contributed by atoms with Crippen LogP contribution in [0.15, 0.2) is 71.3 Å². The van der Waals surface area contributed by atoms with E-state index in [0.29, 0.717) is 11.3 Å². The van der Waals surface area contributed by atoms with Crippen molar-refractivity contribution in [3.05, 3.63) is 89.4 Å². The molecule has 40 heavy (non-hydrogen) atoms. The highest BCUT2D eigenvalue weighted by atomic mass is 32.2. The molecule has 10 heteroatoms. The van der Waals surface area contributed by atoms with Gasteiger partial charge >= 0.3 is 0 Å². The summed E-state index contributed by atoms with van der Waals surface area (Å²) in [7, 11) is 0. The largest absolute Gasteiger partial charge is 0.467 e. The number of carbonyl (C=O) groups excluding carboxylic acids is 3. The smallest absolute Gasteiger partial charge is 0.254 e. The first-order valence-electron chi connectivity index (χ1n) is 13.4. The zero-order valence-electron chi connectivity index (χ0n) is 22.6. The highest BCUT2D eigenvalue weighted by Gasteiger charge is 2.49. The monoisotopic (exact) mass is 562 g/mol. The molecule has 5 rings (SSSR count). The van der Waals surface area contributed by atoms with Gasteiger partial charge in [-0.15, -0.1) is 11.8 Å². The average molecular weight is 563 g/mol. The number of thioether (sulfide) groups is 1. The standard InChI is InChI=1S/C30H34N4O5S/c1-30(2)26(28(37)32-17-20-10-7-15-39-20)34(18-40-30)29(38)25(35)24(16-19-8-4-3-5-9-19)33-27(36)22-11-6-12-23-21(22)13-14-31-23/h3-12,15,24-26,31,35H,13-14,16-18H2,1-2H3,(H,32,37)(H,33,36)/t24-,25-,26+/m0/s1. The SMILES string of the molecule is CC1(C)SCN(C(=O)[C@@H](O)[C@H](Cc2ccccc2)NC(=O)c2cccc3c2CCN3)[C@@H]1C(=O)NCc1ccco1. The Morgan fingerprint density at radius 2 is 1.93 bits per heavy atom. The number of benzene rings is 2. The third-order valence-electron chi connectivity index (χ3n) is 7.45. The Hall–Kier alpha value is -3.76. The third kappa shape index (κ3) is 5.88. The van der Waals surface area contributed by atoms with Gasteiger partial charge in [-0.2, -0.15) is 0 Å². The van der Waals surface area contributed by atoms with Gasteiger partial charge in [-0.05, 0) is 62.1 Å². The van der Waals surface area contributed by atoms with Crippen LogP contribution in [0.3, 0.4) is 0 Å². The minimum atomic E-state index is -1.56. The molecule has 3 atom stereocenters. The topological polar surface area (TPSA) is 124 Å². The second-order valence-electron chi connectivity index (χ2n) is 10.6. The molecule has 0 aliphatic carbocycles. The Bertz CT molecular complexity index is 1360. The van der Waals surface area contributed by atoms with Crippen molar-refractivity contribution in [3.63, 3.8) is 0 Å². The van der Waals surface area contributed by atoms with Crippen molar-refractivity contribution >= 4 is 35.2 Å². The van der Waals surface area contributed by atoms with Crippen LogP contribution in [0.4, 0.5) is 5.69 Å². The number of furan rings is 1. The predicted octanol–water partition coefficient (Wildman–Crippen LogP) is 2.95. The average Bonchev–Trinajstić information content (AvgIpc) is 3.71. The maximum Gasteiger partial charge on any atom is 0.254 e. The predicted molar refractivity (Wildman–Crippen MR) is 154 cm³/mol. The molecule has 1 fully saturated rings. The summed E-state index contributed by atoms with van der Waals surface area (Å²) in [6.07, 6.45) is 0.934. The number of aliphatic hydroxyl groups excluding tert-OH is 1. The summed E-state index contributed by atoms with van der Waals surface area (Å²) in [6.45, 7) is 4.75. The van der Waals surface area contributed by atoms with Gasteiger partial charge in [0.05, 0.1) is 24.7 Å². The van der Waals surface area contributed by atoms with E-state index in [2.05, 4.69) is 16.0 Å². The van der Waals surface area contributed by atoms with Gasteiger partial charge in [-0.1, -0.05) is 36.4 Å². The molecule has 1 aromatic heterocycles. The summed E-state index contributed by atoms with van der Waals surface area (Å²) in [5.41, 5.74) is 3.23. The number of hydrogen-bond donors (Lipinski definition) is 4. The lowest BCUT2D eigenvalue weighted by Crippen LogP contribution is -2.58. The lowest BCUT2D eigenvalue weighted by atomic mass is 9.96. The van der Waals surface area contributed by atoms with Gasteiger partial charge in [0.25, 0.3) is 11.8 Å². The number of amides is 3.